The van der Waals surface area contributed by atoms with Gasteiger partial charge in [0.2, 0.25) is 0 Å². The van der Waals surface area contributed by atoms with Crippen LogP contribution in [0.2, 0.25) is 0 Å². The molecule has 0 fully saturated rings. The number of amides is 1. The summed E-state index contributed by atoms with van der Waals surface area (Å²) >= 11 is 0. The average molecular weight is 459 g/mol. The molecule has 0 spiro atoms. The first-order valence-corrected chi connectivity index (χ1v) is 10.5. The number of hydrogen-bond donors (Lipinski definition) is 4. The van der Waals surface area contributed by atoms with Crippen molar-refractivity contribution in [3.8, 4) is 11.5 Å². The maximum atomic E-state index is 11.9. The molecule has 1 aromatic rings. The second kappa shape index (κ2) is 13.8. The molecule has 1 rings (SSSR count). The van der Waals surface area contributed by atoms with Crippen LogP contribution in [0.25, 0.3) is 0 Å². The molecule has 0 bridgehead atoms. The fourth-order valence-electron chi connectivity index (χ4n) is 1.49. The molecule has 0 aromatic heterocycles. The summed E-state index contributed by atoms with van der Waals surface area (Å²) in [7, 11) is 2.98. The van der Waals surface area contributed by atoms with Crippen molar-refractivity contribution >= 4 is 39.4 Å². The van der Waals surface area contributed by atoms with E-state index in [9.17, 15) is 27.9 Å². The third kappa shape index (κ3) is 12.7. The van der Waals surface area contributed by atoms with Gasteiger partial charge < -0.3 is 25.4 Å². The van der Waals surface area contributed by atoms with Crippen LogP contribution in [0.3, 0.4) is 0 Å². The summed E-state index contributed by atoms with van der Waals surface area (Å²) in [5.74, 6) is -2.32. The van der Waals surface area contributed by atoms with Crippen molar-refractivity contribution < 1.29 is 47.6 Å². The van der Waals surface area contributed by atoms with Crippen molar-refractivity contribution in [2.75, 3.05) is 24.7 Å². The molecule has 164 valence electrons. The van der Waals surface area contributed by atoms with E-state index in [1.54, 1.807) is 12.1 Å². The molecule has 13 heteroatoms. The normalized spacial score (nSPS) is 10.5. The van der Waals surface area contributed by atoms with Crippen LogP contribution in [0.15, 0.2) is 18.2 Å². The molecule has 1 amide bonds. The van der Waals surface area contributed by atoms with Gasteiger partial charge in [0, 0.05) is 23.6 Å². The average Bonchev–Trinajstić information content (AvgIpc) is 2.62. The number of nitrogens with one attached hydrogen (secondary N) is 1. The highest BCUT2D eigenvalue weighted by Gasteiger charge is 2.38. The highest BCUT2D eigenvalue weighted by molar-refractivity contribution is 8.76. The van der Waals surface area contributed by atoms with Crippen LogP contribution in [0.1, 0.15) is 23.7 Å². The number of halogens is 3. The summed E-state index contributed by atoms with van der Waals surface area (Å²) in [6, 6.07) is 4.52. The Morgan fingerprint density at radius 3 is 2.21 bits per heavy atom. The zero-order chi connectivity index (χ0) is 22.4. The van der Waals surface area contributed by atoms with E-state index in [-0.39, 0.29) is 18.1 Å². The Balaban J connectivity index is 0.000000956. The van der Waals surface area contributed by atoms with Crippen molar-refractivity contribution in [2.24, 2.45) is 0 Å². The zero-order valence-electron chi connectivity index (χ0n) is 15.2. The first-order valence-electron chi connectivity index (χ1n) is 7.99. The molecule has 29 heavy (non-hydrogen) atoms. The lowest BCUT2D eigenvalue weighted by Crippen LogP contribution is -2.25. The summed E-state index contributed by atoms with van der Waals surface area (Å²) in [5, 5.41) is 28.1. The molecule has 0 heterocycles. The van der Waals surface area contributed by atoms with E-state index in [1.807, 2.05) is 6.92 Å². The molecule has 0 radical (unpaired) electrons. The van der Waals surface area contributed by atoms with Crippen molar-refractivity contribution in [3.63, 3.8) is 0 Å². The predicted octanol–water partition coefficient (Wildman–Crippen LogP) is 3.01. The van der Waals surface area contributed by atoms with E-state index in [2.05, 4.69) is 5.32 Å². The summed E-state index contributed by atoms with van der Waals surface area (Å²) in [6.07, 6.45) is -4.95. The highest BCUT2D eigenvalue weighted by Crippen LogP contribution is 2.26. The quantitative estimate of drug-likeness (QED) is 0.308. The molecule has 0 aliphatic rings. The van der Waals surface area contributed by atoms with Gasteiger partial charge in [0.05, 0.1) is 13.0 Å². The number of ether oxygens (including phenoxy) is 1. The molecule has 0 unspecified atom stereocenters. The molecule has 0 saturated heterocycles. The number of phenolic OH excluding ortho intramolecular Hbond substituents is 1. The van der Waals surface area contributed by atoms with Crippen LogP contribution < -0.4 is 10.1 Å². The molecule has 1 aromatic carbocycles. The Kier molecular flexibility index (Phi) is 12.7. The maximum Gasteiger partial charge on any atom is 0.490 e. The summed E-state index contributed by atoms with van der Waals surface area (Å²) in [4.78, 5) is 31.1. The van der Waals surface area contributed by atoms with Crippen LogP contribution in [-0.4, -0.2) is 64.0 Å². The van der Waals surface area contributed by atoms with Gasteiger partial charge in [0.1, 0.15) is 0 Å². The van der Waals surface area contributed by atoms with Crippen molar-refractivity contribution in [1.29, 1.82) is 0 Å². The fourth-order valence-corrected chi connectivity index (χ4v) is 3.38. The van der Waals surface area contributed by atoms with Gasteiger partial charge in [-0.3, -0.25) is 9.59 Å². The molecule has 0 aliphatic heterocycles. The van der Waals surface area contributed by atoms with Gasteiger partial charge in [-0.2, -0.15) is 13.2 Å². The fraction of sp³-hybridized carbons (Fsp3) is 0.438. The highest BCUT2D eigenvalue weighted by atomic mass is 33.1. The van der Waals surface area contributed by atoms with Crippen LogP contribution in [0.5, 0.6) is 11.5 Å². The van der Waals surface area contributed by atoms with Crippen molar-refractivity contribution in [2.45, 2.75) is 19.5 Å². The number of carbonyl (C=O) groups is 3. The number of carboxylic acids is 2. The number of aromatic hydroxyl groups is 1. The van der Waals surface area contributed by atoms with Gasteiger partial charge in [-0.15, -0.1) is 0 Å². The number of phenols is 1. The largest absolute Gasteiger partial charge is 0.504 e. The minimum absolute atomic E-state index is 0.0619. The molecule has 8 nitrogen and oxygen atoms in total. The lowest BCUT2D eigenvalue weighted by atomic mass is 10.2. The Labute approximate surface area is 172 Å². The minimum atomic E-state index is -5.08. The van der Waals surface area contributed by atoms with Gasteiger partial charge in [0.15, 0.2) is 11.5 Å². The van der Waals surface area contributed by atoms with Gasteiger partial charge in [-0.1, -0.05) is 21.6 Å². The van der Waals surface area contributed by atoms with E-state index >= 15 is 0 Å². The Bertz CT molecular complexity index is 687. The summed E-state index contributed by atoms with van der Waals surface area (Å²) in [6.45, 7) is 2.72. The van der Waals surface area contributed by atoms with Crippen LogP contribution in [0, 0.1) is 0 Å². The second-order valence-electron chi connectivity index (χ2n) is 4.96. The lowest BCUT2D eigenvalue weighted by molar-refractivity contribution is -0.192. The van der Waals surface area contributed by atoms with Gasteiger partial charge in [-0.25, -0.2) is 4.79 Å². The number of hydrogen-bond acceptors (Lipinski definition) is 7. The molecule has 0 saturated carbocycles. The number of alkyl halides is 3. The van der Waals surface area contributed by atoms with Crippen LogP contribution in [0.4, 0.5) is 13.2 Å². The smallest absolute Gasteiger partial charge is 0.490 e. The van der Waals surface area contributed by atoms with E-state index in [4.69, 9.17) is 19.7 Å². The third-order valence-electron chi connectivity index (χ3n) is 2.72. The second-order valence-corrected chi connectivity index (χ2v) is 7.66. The monoisotopic (exact) mass is 459 g/mol. The Morgan fingerprint density at radius 1 is 1.14 bits per heavy atom. The molecular weight excluding hydrogens is 439 g/mol. The van der Waals surface area contributed by atoms with Crippen molar-refractivity contribution in [3.05, 3.63) is 23.8 Å². The zero-order valence-corrected chi connectivity index (χ0v) is 16.8. The number of carboxylic acid groups (broad SMARTS) is 2. The van der Waals surface area contributed by atoms with E-state index in [0.717, 1.165) is 0 Å². The number of benzene rings is 1. The van der Waals surface area contributed by atoms with Crippen LogP contribution in [-0.2, 0) is 9.59 Å². The van der Waals surface area contributed by atoms with Gasteiger partial charge >= 0.3 is 18.1 Å². The molecule has 0 atom stereocenters. The molecule has 4 N–H and O–H groups in total. The standard InChI is InChI=1S/C14H19NO5S2.C2HF3O2/c1-2-20-12-4-3-10(9-11(12)16)14(19)15-6-8-22-21-7-5-13(17)18;3-2(4,5)1(6)7/h3-4,9,16H,2,5-8H2,1H3,(H,15,19)(H,17,18);(H,6,7). The molecule has 0 aliphatic carbocycles. The lowest BCUT2D eigenvalue weighted by Gasteiger charge is -2.08. The summed E-state index contributed by atoms with van der Waals surface area (Å²) < 4.78 is 36.9. The van der Waals surface area contributed by atoms with Gasteiger partial charge in [0.25, 0.3) is 5.91 Å². The molecular formula is C16H20F3NO7S2. The van der Waals surface area contributed by atoms with E-state index in [0.29, 0.717) is 36.0 Å². The van der Waals surface area contributed by atoms with Crippen molar-refractivity contribution in [1.82, 2.24) is 5.32 Å². The third-order valence-corrected chi connectivity index (χ3v) is 5.13. The predicted molar refractivity (Wildman–Crippen MR) is 102 cm³/mol. The first kappa shape index (κ1) is 26.7. The van der Waals surface area contributed by atoms with Gasteiger partial charge in [-0.05, 0) is 25.1 Å². The first-order chi connectivity index (χ1) is 13.5. The minimum Gasteiger partial charge on any atom is -0.504 e. The Hall–Kier alpha value is -2.28. The van der Waals surface area contributed by atoms with E-state index in [1.165, 1.54) is 27.7 Å². The maximum absolute atomic E-state index is 11.9. The summed E-state index contributed by atoms with van der Waals surface area (Å²) in [5.41, 5.74) is 0.365. The number of aliphatic carboxylic acids is 2. The van der Waals surface area contributed by atoms with Crippen LogP contribution >= 0.6 is 21.6 Å². The van der Waals surface area contributed by atoms with E-state index < -0.39 is 18.1 Å². The number of rotatable bonds is 10. The topological polar surface area (TPSA) is 133 Å². The Morgan fingerprint density at radius 2 is 1.72 bits per heavy atom. The SMILES string of the molecule is CCOc1ccc(C(=O)NCCSSCCC(=O)O)cc1O.O=C(O)C(F)(F)F. The number of carbonyl (C=O) groups excluding carboxylic acids is 1.